The van der Waals surface area contributed by atoms with Gasteiger partial charge in [-0.15, -0.1) is 0 Å². The van der Waals surface area contributed by atoms with E-state index >= 15 is 0 Å². The molecule has 0 spiro atoms. The Morgan fingerprint density at radius 3 is 2.75 bits per heavy atom. The van der Waals surface area contributed by atoms with E-state index in [1.165, 1.54) is 0 Å². The number of fused-ring (bicyclic) bond motifs is 1. The highest BCUT2D eigenvalue weighted by atomic mass is 31.2. The summed E-state index contributed by atoms with van der Waals surface area (Å²) in [5.41, 5.74) is 0.928. The molecule has 0 bridgehead atoms. The smallest absolute Gasteiger partial charge is 0.273 e. The average molecular weight is 344 g/mol. The maximum Gasteiger partial charge on any atom is 0.273 e. The van der Waals surface area contributed by atoms with Crippen molar-refractivity contribution in [1.82, 2.24) is 4.67 Å². The average Bonchev–Trinajstić information content (AvgIpc) is 3.18. The Morgan fingerprint density at radius 2 is 2.00 bits per heavy atom. The minimum absolute atomic E-state index is 0.0626. The van der Waals surface area contributed by atoms with Crippen LogP contribution in [0.5, 0.6) is 11.5 Å². The lowest BCUT2D eigenvalue weighted by atomic mass is 10.2. The Labute approximate surface area is 141 Å². The number of anilines is 1. The molecule has 2 heterocycles. The van der Waals surface area contributed by atoms with Crippen molar-refractivity contribution in [2.75, 3.05) is 24.9 Å². The minimum atomic E-state index is -3.10. The number of hydrogen-bond acceptors (Lipinski definition) is 3. The van der Waals surface area contributed by atoms with Gasteiger partial charge in [-0.1, -0.05) is 18.2 Å². The molecule has 4 rings (SSSR count). The van der Waals surface area contributed by atoms with Crippen LogP contribution in [0.4, 0.5) is 5.69 Å². The summed E-state index contributed by atoms with van der Waals surface area (Å²) in [7, 11) is -1.52. The molecule has 0 amide bonds. The summed E-state index contributed by atoms with van der Waals surface area (Å²) in [6.45, 7) is 1.51. The normalized spacial score (nSPS) is 26.5. The molecule has 2 aliphatic rings. The van der Waals surface area contributed by atoms with Gasteiger partial charge in [-0.25, -0.2) is 4.67 Å². The van der Waals surface area contributed by atoms with Crippen molar-refractivity contribution in [1.29, 1.82) is 0 Å². The van der Waals surface area contributed by atoms with E-state index in [1.54, 1.807) is 25.3 Å². The Morgan fingerprint density at radius 1 is 1.21 bits per heavy atom. The molecule has 5 nitrogen and oxygen atoms in total. The number of hydrogen-bond donors (Lipinski definition) is 1. The van der Waals surface area contributed by atoms with Gasteiger partial charge in [-0.05, 0) is 43.2 Å². The summed E-state index contributed by atoms with van der Waals surface area (Å²) >= 11 is 0. The Kier molecular flexibility index (Phi) is 3.78. The van der Waals surface area contributed by atoms with Gasteiger partial charge in [-0.2, -0.15) is 0 Å². The Balaban J connectivity index is 1.89. The van der Waals surface area contributed by atoms with Crippen LogP contribution in [0.25, 0.3) is 0 Å². The predicted molar refractivity (Wildman–Crippen MR) is 95.4 cm³/mol. The van der Waals surface area contributed by atoms with Gasteiger partial charge < -0.3 is 14.5 Å². The second-order valence-electron chi connectivity index (χ2n) is 6.28. The van der Waals surface area contributed by atoms with E-state index in [-0.39, 0.29) is 11.8 Å². The van der Waals surface area contributed by atoms with Crippen LogP contribution < -0.4 is 14.7 Å². The third kappa shape index (κ3) is 2.23. The number of phenolic OH excluding ortho intramolecular Hbond substituents is 1. The van der Waals surface area contributed by atoms with Crippen molar-refractivity contribution < 1.29 is 14.4 Å². The second-order valence-corrected chi connectivity index (χ2v) is 8.84. The zero-order chi connectivity index (χ0) is 16.7. The molecule has 2 aliphatic heterocycles. The molecule has 0 saturated carbocycles. The van der Waals surface area contributed by atoms with Gasteiger partial charge in [0.05, 0.1) is 12.4 Å². The van der Waals surface area contributed by atoms with E-state index in [0.29, 0.717) is 11.1 Å². The number of benzene rings is 2. The summed E-state index contributed by atoms with van der Waals surface area (Å²) < 4.78 is 23.7. The largest absolute Gasteiger partial charge is 0.507 e. The molecule has 2 aromatic carbocycles. The first kappa shape index (κ1) is 15.6. The second kappa shape index (κ2) is 5.83. The number of phenols is 1. The van der Waals surface area contributed by atoms with Gasteiger partial charge in [0.1, 0.15) is 11.5 Å². The third-order valence-electron chi connectivity index (χ3n) is 4.96. The summed E-state index contributed by atoms with van der Waals surface area (Å²) in [6.07, 6.45) is 2.08. The van der Waals surface area contributed by atoms with Gasteiger partial charge >= 0.3 is 0 Å². The molecule has 2 atom stereocenters. The third-order valence-corrected chi connectivity index (χ3v) is 8.21. The number of ether oxygens (including phenoxy) is 1. The van der Waals surface area contributed by atoms with Crippen LogP contribution in [0.15, 0.2) is 48.5 Å². The maximum atomic E-state index is 14.3. The van der Waals surface area contributed by atoms with Crippen LogP contribution in [-0.2, 0) is 4.57 Å². The van der Waals surface area contributed by atoms with Crippen molar-refractivity contribution in [3.63, 3.8) is 0 Å². The molecule has 2 fully saturated rings. The standard InChI is InChI=1S/C18H21N2O3P/c1-23-16-9-10-17(21)18(12-16)24(22)19-11-5-8-15(19)13-20(24)14-6-3-2-4-7-14/h2-4,6-7,9-10,12,15,21H,5,8,11,13H2,1H3/t15-,24-/m0/s1. The van der Waals surface area contributed by atoms with Crippen molar-refractivity contribution in [3.05, 3.63) is 48.5 Å². The maximum absolute atomic E-state index is 14.3. The lowest BCUT2D eigenvalue weighted by molar-refractivity contribution is 0.412. The van der Waals surface area contributed by atoms with Gasteiger partial charge in [0.15, 0.2) is 0 Å². The van der Waals surface area contributed by atoms with E-state index in [0.717, 1.165) is 31.6 Å². The Hall–Kier alpha value is -1.97. The van der Waals surface area contributed by atoms with Crippen LogP contribution in [0, 0.1) is 0 Å². The number of rotatable bonds is 3. The fourth-order valence-corrected chi connectivity index (χ4v) is 7.19. The zero-order valence-corrected chi connectivity index (χ0v) is 14.5. The van der Waals surface area contributed by atoms with Crippen molar-refractivity contribution in [2.45, 2.75) is 18.9 Å². The molecule has 6 heteroatoms. The lowest BCUT2D eigenvalue weighted by Gasteiger charge is -2.31. The van der Waals surface area contributed by atoms with E-state index in [4.69, 9.17) is 4.74 Å². The summed E-state index contributed by atoms with van der Waals surface area (Å²) in [5.74, 6) is 0.668. The number of nitrogens with zero attached hydrogens (tertiary/aromatic N) is 2. The predicted octanol–water partition coefficient (Wildman–Crippen LogP) is 3.20. The molecule has 0 aliphatic carbocycles. The first-order chi connectivity index (χ1) is 11.6. The van der Waals surface area contributed by atoms with Gasteiger partial charge in [0.2, 0.25) is 0 Å². The monoisotopic (exact) mass is 344 g/mol. The molecule has 2 aromatic rings. The van der Waals surface area contributed by atoms with Gasteiger partial charge in [0.25, 0.3) is 7.44 Å². The quantitative estimate of drug-likeness (QED) is 0.867. The molecule has 1 N–H and O–H groups in total. The van der Waals surface area contributed by atoms with Crippen LogP contribution in [0.2, 0.25) is 0 Å². The highest BCUT2D eigenvalue weighted by Gasteiger charge is 2.52. The highest BCUT2D eigenvalue weighted by molar-refractivity contribution is 7.71. The van der Waals surface area contributed by atoms with Crippen molar-refractivity contribution in [3.8, 4) is 11.5 Å². The highest BCUT2D eigenvalue weighted by Crippen LogP contribution is 2.63. The fraction of sp³-hybridized carbons (Fsp3) is 0.333. The van der Waals surface area contributed by atoms with Gasteiger partial charge in [-0.3, -0.25) is 4.57 Å². The first-order valence-electron chi connectivity index (χ1n) is 8.22. The minimum Gasteiger partial charge on any atom is -0.507 e. The molecule has 2 saturated heterocycles. The van der Waals surface area contributed by atoms with E-state index < -0.39 is 7.44 Å². The first-order valence-corrected chi connectivity index (χ1v) is 9.83. The van der Waals surface area contributed by atoms with E-state index in [2.05, 4.69) is 4.67 Å². The van der Waals surface area contributed by atoms with Crippen LogP contribution in [0.3, 0.4) is 0 Å². The summed E-state index contributed by atoms with van der Waals surface area (Å²) in [5, 5.41) is 10.9. The number of methoxy groups -OCH3 is 1. The summed E-state index contributed by atoms with van der Waals surface area (Å²) in [4.78, 5) is 0. The molecule has 0 radical (unpaired) electrons. The van der Waals surface area contributed by atoms with Crippen LogP contribution in [-0.4, -0.2) is 36.0 Å². The SMILES string of the molecule is COc1ccc(O)c([P@@]2(=O)N(c3ccccc3)C[C@@H]3CCCN32)c1. The topological polar surface area (TPSA) is 53.0 Å². The van der Waals surface area contributed by atoms with Crippen molar-refractivity contribution in [2.24, 2.45) is 0 Å². The molecular weight excluding hydrogens is 323 g/mol. The fourth-order valence-electron chi connectivity index (χ4n) is 3.81. The van der Waals surface area contributed by atoms with E-state index in [1.807, 2.05) is 35.0 Å². The molecule has 0 aromatic heterocycles. The van der Waals surface area contributed by atoms with Crippen molar-refractivity contribution >= 4 is 18.4 Å². The summed E-state index contributed by atoms with van der Waals surface area (Å²) in [6, 6.07) is 15.1. The molecule has 126 valence electrons. The van der Waals surface area contributed by atoms with Gasteiger partial charge in [0, 0.05) is 24.8 Å². The lowest BCUT2D eigenvalue weighted by Crippen LogP contribution is -2.27. The number of para-hydroxylation sites is 1. The molecule has 24 heavy (non-hydrogen) atoms. The van der Waals surface area contributed by atoms with Crippen LogP contribution >= 0.6 is 7.44 Å². The number of aromatic hydroxyl groups is 1. The van der Waals surface area contributed by atoms with Crippen LogP contribution in [0.1, 0.15) is 12.8 Å². The molecular formula is C18H21N2O3P. The van der Waals surface area contributed by atoms with E-state index in [9.17, 15) is 9.67 Å². The zero-order valence-electron chi connectivity index (χ0n) is 13.6. The Bertz CT molecular complexity index is 796. The molecule has 0 unspecified atom stereocenters.